The third-order valence-electron chi connectivity index (χ3n) is 4.72. The Bertz CT molecular complexity index is 899. The van der Waals surface area contributed by atoms with E-state index in [-0.39, 0.29) is 5.97 Å². The van der Waals surface area contributed by atoms with Crippen molar-refractivity contribution in [3.63, 3.8) is 0 Å². The molecule has 0 fully saturated rings. The lowest BCUT2D eigenvalue weighted by molar-refractivity contribution is -0.160. The zero-order valence-corrected chi connectivity index (χ0v) is 17.5. The molecule has 1 aliphatic heterocycles. The maximum Gasteiger partial charge on any atom is 0.311 e. The average molecular weight is 375 g/mol. The molecule has 5 nitrogen and oxygen atoms in total. The van der Waals surface area contributed by atoms with Crippen molar-refractivity contribution >= 4 is 23.0 Å². The first-order valence-corrected chi connectivity index (χ1v) is 9.67. The third-order valence-corrected chi connectivity index (χ3v) is 5.94. The fourth-order valence-electron chi connectivity index (χ4n) is 3.30. The molecule has 0 aromatic carbocycles. The van der Waals surface area contributed by atoms with Crippen LogP contribution >= 0.6 is 11.3 Å². The van der Waals surface area contributed by atoms with Gasteiger partial charge in [-0.1, -0.05) is 5.16 Å². The second-order valence-corrected chi connectivity index (χ2v) is 9.20. The van der Waals surface area contributed by atoms with Crippen molar-refractivity contribution in [1.82, 2.24) is 5.16 Å². The summed E-state index contributed by atoms with van der Waals surface area (Å²) in [5.41, 5.74) is 4.55. The van der Waals surface area contributed by atoms with Crippen molar-refractivity contribution in [1.29, 1.82) is 0 Å². The second kappa shape index (κ2) is 6.34. The Labute approximate surface area is 158 Å². The number of ether oxygens (including phenoxy) is 1. The first kappa shape index (κ1) is 18.8. The summed E-state index contributed by atoms with van der Waals surface area (Å²) in [7, 11) is 0. The summed E-state index contributed by atoms with van der Waals surface area (Å²) in [5.74, 6) is -0.0943. The molecule has 0 radical (unpaired) electrons. The highest BCUT2D eigenvalue weighted by atomic mass is 32.1. The topological polar surface area (TPSA) is 64.7 Å². The number of hydrogen-bond acceptors (Lipinski definition) is 6. The fraction of sp³-hybridized carbons (Fsp3) is 0.550. The highest BCUT2D eigenvalue weighted by molar-refractivity contribution is 7.16. The van der Waals surface area contributed by atoms with Crippen LogP contribution in [0.15, 0.2) is 9.52 Å². The van der Waals surface area contributed by atoms with Gasteiger partial charge in [0.2, 0.25) is 0 Å². The van der Waals surface area contributed by atoms with Crippen molar-refractivity contribution in [2.45, 2.75) is 67.0 Å². The van der Waals surface area contributed by atoms with E-state index >= 15 is 0 Å². The SMILES string of the molecule is CC1=NC(C(C)C(=O)OC(C)(C)C)c2onc(C)c2-c2sc(C)c(C)c21. The normalized spacial score (nSPS) is 17.8. The van der Waals surface area contributed by atoms with Crippen LogP contribution in [0.2, 0.25) is 0 Å². The zero-order chi connectivity index (χ0) is 19.4. The van der Waals surface area contributed by atoms with Crippen molar-refractivity contribution in [2.75, 3.05) is 0 Å². The van der Waals surface area contributed by atoms with Gasteiger partial charge >= 0.3 is 5.97 Å². The molecular formula is C20H26N2O3S. The lowest BCUT2D eigenvalue weighted by atomic mass is 9.96. The molecular weight excluding hydrogens is 348 g/mol. The standard InChI is InChI=1S/C20H26N2O3S/c1-9-13(5)26-18-14(9)11(3)21-16(17-15(18)12(4)22-25-17)10(2)19(23)24-20(6,7)8/h10,16H,1-8H3. The van der Waals surface area contributed by atoms with E-state index in [1.807, 2.05) is 41.5 Å². The maximum atomic E-state index is 12.7. The summed E-state index contributed by atoms with van der Waals surface area (Å²) in [4.78, 5) is 20.0. The molecule has 26 heavy (non-hydrogen) atoms. The van der Waals surface area contributed by atoms with Crippen LogP contribution in [0.25, 0.3) is 10.4 Å². The van der Waals surface area contributed by atoms with E-state index in [9.17, 15) is 4.79 Å². The number of fused-ring (bicyclic) bond motifs is 3. The van der Waals surface area contributed by atoms with Crippen molar-refractivity contribution in [2.24, 2.45) is 10.9 Å². The Kier molecular flexibility index (Phi) is 4.59. The van der Waals surface area contributed by atoms with Gasteiger partial charge in [-0.2, -0.15) is 0 Å². The van der Waals surface area contributed by atoms with Crippen LogP contribution in [-0.4, -0.2) is 22.4 Å². The average Bonchev–Trinajstić information content (AvgIpc) is 2.99. The number of aromatic nitrogens is 1. The highest BCUT2D eigenvalue weighted by Crippen LogP contribution is 2.46. The fourth-order valence-corrected chi connectivity index (χ4v) is 4.61. The zero-order valence-electron chi connectivity index (χ0n) is 16.7. The summed E-state index contributed by atoms with van der Waals surface area (Å²) >= 11 is 1.73. The number of hydrogen-bond donors (Lipinski definition) is 0. The number of carbonyl (C=O) groups is 1. The van der Waals surface area contributed by atoms with E-state index in [1.54, 1.807) is 11.3 Å². The van der Waals surface area contributed by atoms with Gasteiger partial charge in [-0.3, -0.25) is 9.79 Å². The van der Waals surface area contributed by atoms with Crippen molar-refractivity contribution in [3.05, 3.63) is 27.5 Å². The largest absolute Gasteiger partial charge is 0.460 e. The molecule has 3 heterocycles. The quantitative estimate of drug-likeness (QED) is 0.680. The van der Waals surface area contributed by atoms with Gasteiger partial charge in [0.05, 0.1) is 17.2 Å². The molecule has 6 heteroatoms. The van der Waals surface area contributed by atoms with Gasteiger partial charge in [-0.05, 0) is 61.0 Å². The van der Waals surface area contributed by atoms with E-state index in [1.165, 1.54) is 10.4 Å². The van der Waals surface area contributed by atoms with E-state index in [2.05, 4.69) is 19.0 Å². The molecule has 2 atom stereocenters. The number of aryl methyl sites for hydroxylation is 2. The number of rotatable bonds is 2. The number of nitrogens with zero attached hydrogens (tertiary/aromatic N) is 2. The molecule has 0 bridgehead atoms. The van der Waals surface area contributed by atoms with Crippen LogP contribution in [0.1, 0.15) is 68.1 Å². The molecule has 0 amide bonds. The summed E-state index contributed by atoms with van der Waals surface area (Å²) < 4.78 is 11.3. The molecule has 2 unspecified atom stereocenters. The second-order valence-electron chi connectivity index (χ2n) is 7.98. The Morgan fingerprint density at radius 2 is 1.85 bits per heavy atom. The first-order chi connectivity index (χ1) is 12.0. The number of thiophene rings is 1. The lowest BCUT2D eigenvalue weighted by Gasteiger charge is -2.24. The van der Waals surface area contributed by atoms with Gasteiger partial charge in [0.15, 0.2) is 5.76 Å². The van der Waals surface area contributed by atoms with Gasteiger partial charge < -0.3 is 9.26 Å². The van der Waals surface area contributed by atoms with Crippen LogP contribution < -0.4 is 0 Å². The van der Waals surface area contributed by atoms with Crippen LogP contribution in [0.3, 0.4) is 0 Å². The number of carbonyl (C=O) groups excluding carboxylic acids is 1. The minimum Gasteiger partial charge on any atom is -0.460 e. The molecule has 0 spiro atoms. The smallest absolute Gasteiger partial charge is 0.311 e. The molecule has 1 aliphatic rings. The Morgan fingerprint density at radius 1 is 1.19 bits per heavy atom. The number of aliphatic imine (C=N–C) groups is 1. The summed E-state index contributed by atoms with van der Waals surface area (Å²) in [5, 5.41) is 4.18. The van der Waals surface area contributed by atoms with Gasteiger partial charge in [-0.15, -0.1) is 11.3 Å². The molecule has 2 aromatic heterocycles. The lowest BCUT2D eigenvalue weighted by Crippen LogP contribution is -2.30. The molecule has 3 rings (SSSR count). The monoisotopic (exact) mass is 374 g/mol. The summed E-state index contributed by atoms with van der Waals surface area (Å²) in [6, 6.07) is -0.444. The van der Waals surface area contributed by atoms with E-state index < -0.39 is 17.6 Å². The van der Waals surface area contributed by atoms with Crippen molar-refractivity contribution < 1.29 is 14.1 Å². The predicted molar refractivity (Wildman–Crippen MR) is 104 cm³/mol. The molecule has 140 valence electrons. The molecule has 0 N–H and O–H groups in total. The minimum absolute atomic E-state index is 0.280. The highest BCUT2D eigenvalue weighted by Gasteiger charge is 2.38. The maximum absolute atomic E-state index is 12.7. The van der Waals surface area contributed by atoms with Crippen LogP contribution in [0, 0.1) is 26.7 Å². The number of esters is 1. The summed E-state index contributed by atoms with van der Waals surface area (Å²) in [6.45, 7) is 15.6. The van der Waals surface area contributed by atoms with Crippen LogP contribution in [0.5, 0.6) is 0 Å². The van der Waals surface area contributed by atoms with Gasteiger partial charge in [0.1, 0.15) is 11.6 Å². The van der Waals surface area contributed by atoms with E-state index in [0.29, 0.717) is 5.76 Å². The molecule has 2 aromatic rings. The third kappa shape index (κ3) is 3.11. The van der Waals surface area contributed by atoms with Gasteiger partial charge in [-0.25, -0.2) is 0 Å². The van der Waals surface area contributed by atoms with E-state index in [0.717, 1.165) is 27.4 Å². The van der Waals surface area contributed by atoms with Gasteiger partial charge in [0, 0.05) is 21.0 Å². The molecule has 0 aliphatic carbocycles. The minimum atomic E-state index is -0.540. The Morgan fingerprint density at radius 3 is 2.46 bits per heavy atom. The first-order valence-electron chi connectivity index (χ1n) is 8.85. The predicted octanol–water partition coefficient (Wildman–Crippen LogP) is 5.17. The molecule has 0 saturated carbocycles. The van der Waals surface area contributed by atoms with Crippen LogP contribution in [-0.2, 0) is 9.53 Å². The summed E-state index contributed by atoms with van der Waals surface area (Å²) in [6.07, 6.45) is 0. The van der Waals surface area contributed by atoms with Gasteiger partial charge in [0.25, 0.3) is 0 Å². The van der Waals surface area contributed by atoms with Crippen LogP contribution in [0.4, 0.5) is 0 Å². The van der Waals surface area contributed by atoms with Crippen molar-refractivity contribution in [3.8, 4) is 10.4 Å². The Balaban J connectivity index is 2.14. The molecule has 0 saturated heterocycles. The van der Waals surface area contributed by atoms with E-state index in [4.69, 9.17) is 14.3 Å². The Hall–Kier alpha value is -1.95.